The van der Waals surface area contributed by atoms with Crippen molar-refractivity contribution in [1.29, 1.82) is 0 Å². The number of hydrogen-bond donors (Lipinski definition) is 1. The number of aliphatic hydroxyl groups is 1. The zero-order valence-electron chi connectivity index (χ0n) is 18.1. The number of aliphatic hydroxyl groups excluding tert-OH is 1. The van der Waals surface area contributed by atoms with E-state index < -0.39 is 4.92 Å². The molecule has 0 aliphatic rings. The molecule has 1 heterocycles. The van der Waals surface area contributed by atoms with Crippen molar-refractivity contribution in [3.8, 4) is 11.5 Å². The van der Waals surface area contributed by atoms with Crippen LogP contribution in [-0.2, 0) is 6.54 Å². The molecule has 1 N–H and O–H groups in total. The number of para-hydroxylation sites is 1. The largest absolute Gasteiger partial charge is 0.493 e. The fourth-order valence-electron chi connectivity index (χ4n) is 3.57. The molecule has 0 unspecified atom stereocenters. The number of nitro groups is 1. The highest BCUT2D eigenvalue weighted by Gasteiger charge is 2.29. The average Bonchev–Trinajstić information content (AvgIpc) is 3.27. The molecule has 0 atom stereocenters. The molecule has 170 valence electrons. The maximum Gasteiger partial charge on any atom is 0.323 e. The minimum absolute atomic E-state index is 0.0268. The first-order chi connectivity index (χ1) is 15.5. The third kappa shape index (κ3) is 4.28. The van der Waals surface area contributed by atoms with Gasteiger partial charge in [-0.05, 0) is 22.4 Å². The minimum Gasteiger partial charge on any atom is -0.493 e. The van der Waals surface area contributed by atoms with E-state index >= 15 is 0 Å². The molecule has 0 saturated carbocycles. The Balaban J connectivity index is 2.19. The van der Waals surface area contributed by atoms with E-state index in [0.29, 0.717) is 30.3 Å². The van der Waals surface area contributed by atoms with Gasteiger partial charge in [0.2, 0.25) is 5.52 Å². The van der Waals surface area contributed by atoms with Crippen molar-refractivity contribution in [2.75, 3.05) is 50.8 Å². The first-order valence-electron chi connectivity index (χ1n) is 9.78. The summed E-state index contributed by atoms with van der Waals surface area (Å²) in [6.45, 7) is 4.64. The predicted molar refractivity (Wildman–Crippen MR) is 120 cm³/mol. The van der Waals surface area contributed by atoms with Crippen LogP contribution in [0.25, 0.3) is 11.0 Å². The molecule has 0 saturated heterocycles. The molecule has 0 amide bonds. The molecule has 11 nitrogen and oxygen atoms in total. The Hall–Kier alpha value is -3.86. The summed E-state index contributed by atoms with van der Waals surface area (Å²) in [5.41, 5.74) is 1.73. The minimum atomic E-state index is -0.525. The number of rotatable bonds is 11. The van der Waals surface area contributed by atoms with Crippen molar-refractivity contribution < 1.29 is 24.1 Å². The molecule has 0 aliphatic carbocycles. The number of anilines is 2. The lowest BCUT2D eigenvalue weighted by Crippen LogP contribution is -2.26. The van der Waals surface area contributed by atoms with Crippen LogP contribution < -0.4 is 19.3 Å². The smallest absolute Gasteiger partial charge is 0.323 e. The molecule has 0 aliphatic heterocycles. The van der Waals surface area contributed by atoms with Gasteiger partial charge in [0.15, 0.2) is 17.0 Å². The number of nitro benzene ring substituents is 1. The number of methoxy groups -OCH3 is 2. The average molecular weight is 443 g/mol. The molecular weight excluding hydrogens is 418 g/mol. The highest BCUT2D eigenvalue weighted by atomic mass is 16.6. The highest BCUT2D eigenvalue weighted by molar-refractivity contribution is 6.00. The van der Waals surface area contributed by atoms with Gasteiger partial charge in [-0.1, -0.05) is 18.2 Å². The maximum absolute atomic E-state index is 11.8. The summed E-state index contributed by atoms with van der Waals surface area (Å²) >= 11 is 0. The third-order valence-corrected chi connectivity index (χ3v) is 5.04. The maximum atomic E-state index is 11.8. The molecule has 3 rings (SSSR count). The molecule has 0 radical (unpaired) electrons. The van der Waals surface area contributed by atoms with Crippen LogP contribution in [0.2, 0.25) is 0 Å². The second kappa shape index (κ2) is 9.96. The van der Waals surface area contributed by atoms with Crippen LogP contribution in [0, 0.1) is 10.1 Å². The van der Waals surface area contributed by atoms with Crippen LogP contribution in [0.3, 0.4) is 0 Å². The first kappa shape index (κ1) is 22.8. The lowest BCUT2D eigenvalue weighted by atomic mass is 10.1. The molecular formula is C21H25N5O6. The van der Waals surface area contributed by atoms with Crippen molar-refractivity contribution in [3.63, 3.8) is 0 Å². The van der Waals surface area contributed by atoms with Crippen molar-refractivity contribution in [1.82, 2.24) is 10.3 Å². The van der Waals surface area contributed by atoms with Crippen LogP contribution in [0.1, 0.15) is 5.56 Å². The normalized spacial score (nSPS) is 10.8. The quantitative estimate of drug-likeness (QED) is 0.268. The van der Waals surface area contributed by atoms with E-state index in [1.807, 2.05) is 17.0 Å². The lowest BCUT2D eigenvalue weighted by Gasteiger charge is -2.26. The second-order valence-electron chi connectivity index (χ2n) is 6.95. The van der Waals surface area contributed by atoms with Crippen LogP contribution in [0.5, 0.6) is 11.5 Å². The van der Waals surface area contributed by atoms with Crippen molar-refractivity contribution >= 4 is 28.1 Å². The van der Waals surface area contributed by atoms with E-state index in [1.54, 1.807) is 44.4 Å². The fraction of sp³-hybridized carbons (Fsp3) is 0.333. The van der Waals surface area contributed by atoms with Gasteiger partial charge in [0, 0.05) is 32.2 Å². The van der Waals surface area contributed by atoms with Gasteiger partial charge in [-0.15, -0.1) is 6.58 Å². The van der Waals surface area contributed by atoms with Gasteiger partial charge < -0.3 is 24.4 Å². The van der Waals surface area contributed by atoms with Gasteiger partial charge in [0.1, 0.15) is 5.69 Å². The van der Waals surface area contributed by atoms with Crippen molar-refractivity contribution in [2.24, 2.45) is 0 Å². The monoisotopic (exact) mass is 443 g/mol. The summed E-state index contributed by atoms with van der Waals surface area (Å²) in [6, 6.07) is 7.20. The Morgan fingerprint density at radius 2 is 2.00 bits per heavy atom. The summed E-state index contributed by atoms with van der Waals surface area (Å²) in [5.74, 6) is 1.17. The van der Waals surface area contributed by atoms with E-state index in [0.717, 1.165) is 5.56 Å². The predicted octanol–water partition coefficient (Wildman–Crippen LogP) is 2.77. The Bertz CT molecular complexity index is 1120. The van der Waals surface area contributed by atoms with E-state index in [2.05, 4.69) is 16.9 Å². The Morgan fingerprint density at radius 3 is 2.62 bits per heavy atom. The van der Waals surface area contributed by atoms with E-state index in [4.69, 9.17) is 14.1 Å². The third-order valence-electron chi connectivity index (χ3n) is 5.04. The second-order valence-corrected chi connectivity index (χ2v) is 6.95. The van der Waals surface area contributed by atoms with Crippen molar-refractivity contribution in [3.05, 3.63) is 52.6 Å². The summed E-state index contributed by atoms with van der Waals surface area (Å²) in [6.07, 6.45) is 1.71. The van der Waals surface area contributed by atoms with Crippen molar-refractivity contribution in [2.45, 2.75) is 6.54 Å². The lowest BCUT2D eigenvalue weighted by molar-refractivity contribution is -0.382. The molecule has 32 heavy (non-hydrogen) atoms. The van der Waals surface area contributed by atoms with Gasteiger partial charge in [0.25, 0.3) is 0 Å². The fourth-order valence-corrected chi connectivity index (χ4v) is 3.57. The molecule has 0 bridgehead atoms. The SMILES string of the molecule is C=CCN(Cc1cccc(OC)c1OC)c1cc(N(C)CCO)c([N+](=O)[O-])c2nonc12. The Kier molecular flexibility index (Phi) is 7.11. The van der Waals surface area contributed by atoms with Crippen LogP contribution >= 0.6 is 0 Å². The summed E-state index contributed by atoms with van der Waals surface area (Å²) in [5, 5.41) is 28.9. The number of nitrogens with zero attached hydrogens (tertiary/aromatic N) is 5. The first-order valence-corrected chi connectivity index (χ1v) is 9.78. The summed E-state index contributed by atoms with van der Waals surface area (Å²) in [7, 11) is 4.78. The topological polar surface area (TPSA) is 127 Å². The van der Waals surface area contributed by atoms with Gasteiger partial charge in [-0.25, -0.2) is 4.63 Å². The van der Waals surface area contributed by atoms with Gasteiger partial charge in [0.05, 0.1) is 31.4 Å². The van der Waals surface area contributed by atoms with E-state index in [-0.39, 0.29) is 35.6 Å². The summed E-state index contributed by atoms with van der Waals surface area (Å²) < 4.78 is 15.8. The number of hydrogen-bond acceptors (Lipinski definition) is 10. The van der Waals surface area contributed by atoms with E-state index in [9.17, 15) is 15.2 Å². The number of aromatic nitrogens is 2. The number of benzene rings is 2. The number of ether oxygens (including phenoxy) is 2. The van der Waals surface area contributed by atoms with Gasteiger partial charge in [-0.3, -0.25) is 10.1 Å². The molecule has 0 fully saturated rings. The molecule has 1 aromatic heterocycles. The molecule has 11 heteroatoms. The molecule has 3 aromatic rings. The molecule has 0 spiro atoms. The highest BCUT2D eigenvalue weighted by Crippen LogP contribution is 2.41. The Labute approximate surface area is 184 Å². The number of fused-ring (bicyclic) bond motifs is 1. The van der Waals surface area contributed by atoms with E-state index in [1.165, 1.54) is 0 Å². The van der Waals surface area contributed by atoms with Gasteiger partial charge >= 0.3 is 5.69 Å². The number of likely N-dealkylation sites (N-methyl/N-ethyl adjacent to an activating group) is 1. The zero-order valence-corrected chi connectivity index (χ0v) is 18.1. The van der Waals surface area contributed by atoms with Crippen LogP contribution in [0.15, 0.2) is 41.5 Å². The van der Waals surface area contributed by atoms with Gasteiger partial charge in [-0.2, -0.15) is 0 Å². The summed E-state index contributed by atoms with van der Waals surface area (Å²) in [4.78, 5) is 14.8. The Morgan fingerprint density at radius 1 is 1.25 bits per heavy atom. The molecule has 2 aromatic carbocycles. The van der Waals surface area contributed by atoms with Crippen LogP contribution in [0.4, 0.5) is 17.1 Å². The standard InChI is InChI=1S/C21H25N5O6/c1-5-9-25(13-14-7-6-8-17(30-3)21(14)31-4)15-12-16(24(2)10-11-27)20(26(28)29)19-18(15)22-32-23-19/h5-8,12,27H,1,9-11,13H2,2-4H3. The van der Waals surface area contributed by atoms with Crippen LogP contribution in [-0.4, -0.2) is 61.3 Å². The zero-order chi connectivity index (χ0) is 23.3.